The van der Waals surface area contributed by atoms with Gasteiger partial charge in [-0.05, 0) is 20.8 Å². The maximum Gasteiger partial charge on any atom is 0.392 e. The Morgan fingerprint density at radius 1 is 1.62 bits per heavy atom. The number of carboxylic acid groups (broad SMARTS) is 1. The number of aromatic nitrogens is 1. The number of aryl methyl sites for hydroxylation is 1. The van der Waals surface area contributed by atoms with Crippen LogP contribution in [0.25, 0.3) is 0 Å². The van der Waals surface area contributed by atoms with Crippen molar-refractivity contribution in [2.24, 2.45) is 5.73 Å². The molecule has 1 aromatic heterocycles. The quantitative estimate of drug-likeness (QED) is 0.711. The van der Waals surface area contributed by atoms with Crippen molar-refractivity contribution >= 4 is 5.97 Å². The summed E-state index contributed by atoms with van der Waals surface area (Å²) < 4.78 is 5.00. The third-order valence-electron chi connectivity index (χ3n) is 1.56. The van der Waals surface area contributed by atoms with Crippen LogP contribution in [0.2, 0.25) is 0 Å². The molecule has 0 fully saturated rings. The van der Waals surface area contributed by atoms with Crippen LogP contribution >= 0.6 is 0 Å². The molecule has 0 atom stereocenters. The smallest absolute Gasteiger partial charge is 0.392 e. The summed E-state index contributed by atoms with van der Waals surface area (Å²) in [5.41, 5.74) is 5.56. The summed E-state index contributed by atoms with van der Waals surface area (Å²) in [7, 11) is 0. The van der Waals surface area contributed by atoms with Crippen LogP contribution in [0.1, 0.15) is 36.0 Å². The first-order chi connectivity index (χ1) is 5.82. The molecule has 72 valence electrons. The van der Waals surface area contributed by atoms with Gasteiger partial charge in [-0.3, -0.25) is 0 Å². The van der Waals surface area contributed by atoms with E-state index >= 15 is 0 Å². The van der Waals surface area contributed by atoms with Crippen LogP contribution in [0.5, 0.6) is 0 Å². The SMILES string of the molecule is Cc1nc(C(=O)O)oc1C(C)(C)N. The molecule has 5 nitrogen and oxygen atoms in total. The van der Waals surface area contributed by atoms with Crippen molar-refractivity contribution in [2.45, 2.75) is 26.3 Å². The second-order valence-corrected chi connectivity index (χ2v) is 3.46. The molecule has 5 heteroatoms. The molecule has 3 N–H and O–H groups in total. The van der Waals surface area contributed by atoms with E-state index in [-0.39, 0.29) is 5.89 Å². The van der Waals surface area contributed by atoms with Gasteiger partial charge in [0.1, 0.15) is 5.76 Å². The van der Waals surface area contributed by atoms with Crippen molar-refractivity contribution in [3.63, 3.8) is 0 Å². The molecule has 0 aliphatic rings. The number of nitrogens with two attached hydrogens (primary N) is 1. The van der Waals surface area contributed by atoms with Crippen LogP contribution in [-0.4, -0.2) is 16.1 Å². The van der Waals surface area contributed by atoms with E-state index in [0.717, 1.165) is 0 Å². The molecule has 0 aliphatic carbocycles. The zero-order valence-electron chi connectivity index (χ0n) is 7.79. The Morgan fingerprint density at radius 3 is 2.38 bits per heavy atom. The van der Waals surface area contributed by atoms with Gasteiger partial charge in [-0.15, -0.1) is 0 Å². The molecule has 1 heterocycles. The highest BCUT2D eigenvalue weighted by Crippen LogP contribution is 2.21. The molecule has 1 aromatic rings. The largest absolute Gasteiger partial charge is 0.474 e. The molecule has 0 unspecified atom stereocenters. The van der Waals surface area contributed by atoms with Crippen LogP contribution in [0.4, 0.5) is 0 Å². The van der Waals surface area contributed by atoms with Gasteiger partial charge in [0.15, 0.2) is 0 Å². The molecule has 0 saturated heterocycles. The van der Waals surface area contributed by atoms with E-state index in [0.29, 0.717) is 11.5 Å². The average Bonchev–Trinajstić information content (AvgIpc) is 2.29. The summed E-state index contributed by atoms with van der Waals surface area (Å²) in [6.07, 6.45) is 0. The lowest BCUT2D eigenvalue weighted by Crippen LogP contribution is -2.28. The molecule has 0 radical (unpaired) electrons. The monoisotopic (exact) mass is 184 g/mol. The zero-order valence-corrected chi connectivity index (χ0v) is 7.79. The van der Waals surface area contributed by atoms with E-state index in [1.54, 1.807) is 20.8 Å². The highest BCUT2D eigenvalue weighted by molar-refractivity contribution is 5.82. The van der Waals surface area contributed by atoms with Crippen molar-refractivity contribution < 1.29 is 14.3 Å². The van der Waals surface area contributed by atoms with E-state index in [1.807, 2.05) is 0 Å². The fourth-order valence-electron chi connectivity index (χ4n) is 1.09. The third kappa shape index (κ3) is 1.86. The van der Waals surface area contributed by atoms with Gasteiger partial charge >= 0.3 is 11.9 Å². The maximum absolute atomic E-state index is 10.5. The lowest BCUT2D eigenvalue weighted by Gasteiger charge is -2.14. The van der Waals surface area contributed by atoms with Gasteiger partial charge in [0, 0.05) is 0 Å². The Labute approximate surface area is 75.6 Å². The van der Waals surface area contributed by atoms with Crippen molar-refractivity contribution in [3.8, 4) is 0 Å². The van der Waals surface area contributed by atoms with Gasteiger partial charge in [0.2, 0.25) is 0 Å². The van der Waals surface area contributed by atoms with E-state index in [4.69, 9.17) is 15.3 Å². The Balaban J connectivity index is 3.18. The summed E-state index contributed by atoms with van der Waals surface area (Å²) in [6.45, 7) is 5.12. The Morgan fingerprint density at radius 2 is 2.15 bits per heavy atom. The molecule has 0 aliphatic heterocycles. The van der Waals surface area contributed by atoms with Gasteiger partial charge < -0.3 is 15.3 Å². The molecule has 13 heavy (non-hydrogen) atoms. The van der Waals surface area contributed by atoms with E-state index in [2.05, 4.69) is 4.98 Å². The standard InChI is InChI=1S/C8H12N2O3/c1-4-5(8(2,3)9)13-6(10-4)7(11)12/h9H2,1-3H3,(H,11,12). The normalized spacial score (nSPS) is 11.7. The van der Waals surface area contributed by atoms with E-state index < -0.39 is 11.5 Å². The molecule has 0 amide bonds. The first-order valence-corrected chi connectivity index (χ1v) is 3.82. The lowest BCUT2D eigenvalue weighted by atomic mass is 10.0. The molecule has 0 aromatic carbocycles. The predicted molar refractivity (Wildman–Crippen MR) is 45.4 cm³/mol. The number of hydrogen-bond acceptors (Lipinski definition) is 4. The summed E-state index contributed by atoms with van der Waals surface area (Å²) in [5.74, 6) is -1.09. The molecule has 0 saturated carbocycles. The topological polar surface area (TPSA) is 89.3 Å². The lowest BCUT2D eigenvalue weighted by molar-refractivity contribution is 0.0649. The van der Waals surface area contributed by atoms with Gasteiger partial charge in [-0.1, -0.05) is 0 Å². The van der Waals surface area contributed by atoms with Gasteiger partial charge in [0.25, 0.3) is 0 Å². The maximum atomic E-state index is 10.5. The molecular weight excluding hydrogens is 172 g/mol. The second kappa shape index (κ2) is 2.85. The number of rotatable bonds is 2. The predicted octanol–water partition coefficient (Wildman–Crippen LogP) is 0.875. The fourth-order valence-corrected chi connectivity index (χ4v) is 1.09. The summed E-state index contributed by atoms with van der Waals surface area (Å²) in [4.78, 5) is 14.2. The summed E-state index contributed by atoms with van der Waals surface area (Å²) >= 11 is 0. The van der Waals surface area contributed by atoms with Gasteiger partial charge in [0.05, 0.1) is 11.2 Å². The first-order valence-electron chi connectivity index (χ1n) is 3.82. The van der Waals surface area contributed by atoms with Crippen LogP contribution < -0.4 is 5.73 Å². The van der Waals surface area contributed by atoms with Crippen LogP contribution in [0.3, 0.4) is 0 Å². The number of carbonyl (C=O) groups is 1. The van der Waals surface area contributed by atoms with Crippen molar-refractivity contribution in [2.75, 3.05) is 0 Å². The number of aromatic carboxylic acids is 1. The Bertz CT molecular complexity index is 336. The third-order valence-corrected chi connectivity index (χ3v) is 1.56. The molecule has 0 spiro atoms. The fraction of sp³-hybridized carbons (Fsp3) is 0.500. The number of carboxylic acids is 1. The zero-order chi connectivity index (χ0) is 10.2. The average molecular weight is 184 g/mol. The molecular formula is C8H12N2O3. The highest BCUT2D eigenvalue weighted by Gasteiger charge is 2.25. The second-order valence-electron chi connectivity index (χ2n) is 3.46. The number of nitrogens with zero attached hydrogens (tertiary/aromatic N) is 1. The Kier molecular flexibility index (Phi) is 2.13. The van der Waals surface area contributed by atoms with Crippen LogP contribution in [-0.2, 0) is 5.54 Å². The van der Waals surface area contributed by atoms with Gasteiger partial charge in [-0.25, -0.2) is 9.78 Å². The van der Waals surface area contributed by atoms with Gasteiger partial charge in [-0.2, -0.15) is 0 Å². The molecule has 1 rings (SSSR count). The van der Waals surface area contributed by atoms with E-state index in [1.165, 1.54) is 0 Å². The number of oxazole rings is 1. The minimum Gasteiger partial charge on any atom is -0.474 e. The summed E-state index contributed by atoms with van der Waals surface area (Å²) in [5, 5.41) is 8.59. The highest BCUT2D eigenvalue weighted by atomic mass is 16.4. The van der Waals surface area contributed by atoms with Crippen molar-refractivity contribution in [1.82, 2.24) is 4.98 Å². The first kappa shape index (κ1) is 9.73. The van der Waals surface area contributed by atoms with Crippen LogP contribution in [0.15, 0.2) is 4.42 Å². The van der Waals surface area contributed by atoms with E-state index in [9.17, 15) is 4.79 Å². The minimum absolute atomic E-state index is 0.314. The molecule has 0 bridgehead atoms. The Hall–Kier alpha value is -1.36. The number of hydrogen-bond donors (Lipinski definition) is 2. The minimum atomic E-state index is -1.18. The van der Waals surface area contributed by atoms with Crippen molar-refractivity contribution in [1.29, 1.82) is 0 Å². The van der Waals surface area contributed by atoms with Crippen LogP contribution in [0, 0.1) is 6.92 Å². The van der Waals surface area contributed by atoms with Crippen molar-refractivity contribution in [3.05, 3.63) is 17.3 Å². The summed E-state index contributed by atoms with van der Waals surface area (Å²) in [6, 6.07) is 0.